The molecule has 1 N–H and O–H groups in total. The van der Waals surface area contributed by atoms with Crippen LogP contribution < -0.4 is 4.72 Å². The van der Waals surface area contributed by atoms with Gasteiger partial charge in [0.1, 0.15) is 0 Å². The minimum absolute atomic E-state index is 0.603. The number of benzene rings is 1. The van der Waals surface area contributed by atoms with Crippen LogP contribution in [-0.4, -0.2) is 22.1 Å². The smallest absolute Gasteiger partial charge is 0.0702 e. The monoisotopic (exact) mass is 324 g/mol. The van der Waals surface area contributed by atoms with Crippen molar-refractivity contribution < 1.29 is 4.21 Å². The average Bonchev–Trinajstić information content (AvgIpc) is 2.40. The predicted octanol–water partition coefficient (Wildman–Crippen LogP) is 2.72. The van der Waals surface area contributed by atoms with Crippen LogP contribution in [0.25, 0.3) is 11.3 Å². The lowest BCUT2D eigenvalue weighted by Crippen LogP contribution is -2.18. The summed E-state index contributed by atoms with van der Waals surface area (Å²) in [5.41, 5.74) is 1.86. The molecule has 0 radical (unpaired) electrons. The van der Waals surface area contributed by atoms with Crippen molar-refractivity contribution in [1.29, 1.82) is 0 Å². The molecule has 2 aromatic rings. The maximum absolute atomic E-state index is 12.0. The van der Waals surface area contributed by atoms with E-state index in [0.717, 1.165) is 15.7 Å². The fourth-order valence-electron chi connectivity index (χ4n) is 1.48. The second-order valence-corrected chi connectivity index (χ2v) is 6.91. The normalized spacial score (nSPS) is 14.1. The number of halogens is 1. The molecule has 0 aliphatic heterocycles. The van der Waals surface area contributed by atoms with Gasteiger partial charge in [-0.15, -0.1) is 0 Å². The van der Waals surface area contributed by atoms with Gasteiger partial charge in [-0.2, -0.15) is 0 Å². The van der Waals surface area contributed by atoms with Crippen LogP contribution in [0, 0.1) is 0 Å². The Kier molecular flexibility index (Phi) is 3.85. The summed E-state index contributed by atoms with van der Waals surface area (Å²) < 4.78 is 15.7. The zero-order valence-corrected chi connectivity index (χ0v) is 12.3. The number of hydrogen-bond donors (Lipinski definition) is 1. The summed E-state index contributed by atoms with van der Waals surface area (Å²) in [4.78, 5) is 4.92. The van der Waals surface area contributed by atoms with E-state index in [1.165, 1.54) is 0 Å². The Morgan fingerprint density at radius 3 is 2.39 bits per heavy atom. The summed E-state index contributed by atoms with van der Waals surface area (Å²) in [6, 6.07) is 11.5. The number of nitrogens with one attached hydrogen (secondary N) is 1. The van der Waals surface area contributed by atoms with E-state index in [1.807, 2.05) is 30.3 Å². The molecule has 94 valence electrons. The summed E-state index contributed by atoms with van der Waals surface area (Å²) in [5.74, 6) is 3.64. The third-order valence-electron chi connectivity index (χ3n) is 2.59. The predicted molar refractivity (Wildman–Crippen MR) is 80.0 cm³/mol. The Balaban J connectivity index is 2.36. The SMILES string of the molecule is C=S(=O)(NC)c1ccc(-c2ccc(Br)cc2)nc1. The molecule has 1 heterocycles. The van der Waals surface area contributed by atoms with E-state index in [4.69, 9.17) is 0 Å². The molecule has 3 nitrogen and oxygen atoms in total. The van der Waals surface area contributed by atoms with E-state index in [9.17, 15) is 4.21 Å². The van der Waals surface area contributed by atoms with Crippen LogP contribution >= 0.6 is 15.9 Å². The van der Waals surface area contributed by atoms with Crippen molar-refractivity contribution in [2.75, 3.05) is 7.05 Å². The van der Waals surface area contributed by atoms with E-state index in [0.29, 0.717) is 4.90 Å². The summed E-state index contributed by atoms with van der Waals surface area (Å²) in [7, 11) is -0.801. The van der Waals surface area contributed by atoms with Gasteiger partial charge in [0, 0.05) is 16.2 Å². The van der Waals surface area contributed by atoms with Gasteiger partial charge >= 0.3 is 0 Å². The van der Waals surface area contributed by atoms with Gasteiger partial charge in [0.25, 0.3) is 0 Å². The first-order valence-corrected chi connectivity index (χ1v) is 7.83. The van der Waals surface area contributed by atoms with E-state index < -0.39 is 9.71 Å². The molecule has 0 aliphatic rings. The molecule has 0 fully saturated rings. The molecule has 18 heavy (non-hydrogen) atoms. The lowest BCUT2D eigenvalue weighted by Gasteiger charge is -2.08. The lowest BCUT2D eigenvalue weighted by atomic mass is 10.1. The van der Waals surface area contributed by atoms with Crippen molar-refractivity contribution >= 4 is 31.5 Å². The second-order valence-electron chi connectivity index (χ2n) is 3.77. The highest BCUT2D eigenvalue weighted by molar-refractivity contribution is 9.10. The van der Waals surface area contributed by atoms with Crippen molar-refractivity contribution in [3.63, 3.8) is 0 Å². The molecule has 0 saturated carbocycles. The van der Waals surface area contributed by atoms with Gasteiger partial charge in [0.2, 0.25) is 0 Å². The van der Waals surface area contributed by atoms with E-state index in [1.54, 1.807) is 19.3 Å². The van der Waals surface area contributed by atoms with Crippen LogP contribution in [0.1, 0.15) is 0 Å². The Morgan fingerprint density at radius 1 is 1.22 bits per heavy atom. The third-order valence-corrected chi connectivity index (χ3v) is 4.78. The Labute approximate surface area is 116 Å². The number of hydrogen-bond acceptors (Lipinski definition) is 2. The van der Waals surface area contributed by atoms with Crippen LogP contribution in [-0.2, 0) is 9.71 Å². The van der Waals surface area contributed by atoms with Crippen molar-refractivity contribution in [2.45, 2.75) is 4.90 Å². The molecule has 2 rings (SSSR count). The minimum atomic E-state index is -2.42. The summed E-state index contributed by atoms with van der Waals surface area (Å²) in [5, 5.41) is 0. The van der Waals surface area contributed by atoms with Gasteiger partial charge in [-0.1, -0.05) is 28.1 Å². The van der Waals surface area contributed by atoms with E-state index in [2.05, 4.69) is 31.5 Å². The topological polar surface area (TPSA) is 42.0 Å². The van der Waals surface area contributed by atoms with Gasteiger partial charge in [-0.25, -0.2) is 8.93 Å². The number of rotatable bonds is 3. The molecule has 1 atom stereocenters. The molecular formula is C13H13BrN2OS. The van der Waals surface area contributed by atoms with Crippen molar-refractivity contribution in [1.82, 2.24) is 9.71 Å². The number of pyridine rings is 1. The fourth-order valence-corrected chi connectivity index (χ4v) is 2.50. The molecule has 1 unspecified atom stereocenters. The summed E-state index contributed by atoms with van der Waals surface area (Å²) in [6.07, 6.45) is 1.60. The maximum Gasteiger partial charge on any atom is 0.0702 e. The van der Waals surface area contributed by atoms with Crippen molar-refractivity contribution in [3.05, 3.63) is 47.1 Å². The number of aromatic nitrogens is 1. The molecule has 5 heteroatoms. The first-order valence-electron chi connectivity index (χ1n) is 5.31. The maximum atomic E-state index is 12.0. The van der Waals surface area contributed by atoms with Crippen molar-refractivity contribution in [3.8, 4) is 11.3 Å². The van der Waals surface area contributed by atoms with E-state index in [-0.39, 0.29) is 0 Å². The first-order chi connectivity index (χ1) is 8.53. The molecule has 0 saturated heterocycles. The number of nitrogens with zero attached hydrogens (tertiary/aromatic N) is 1. The molecular weight excluding hydrogens is 312 g/mol. The van der Waals surface area contributed by atoms with E-state index >= 15 is 0 Å². The molecule has 1 aromatic heterocycles. The van der Waals surface area contributed by atoms with Crippen LogP contribution in [0.2, 0.25) is 0 Å². The van der Waals surface area contributed by atoms with Crippen LogP contribution in [0.5, 0.6) is 0 Å². The first kappa shape index (κ1) is 13.3. The molecule has 0 spiro atoms. The summed E-state index contributed by atoms with van der Waals surface area (Å²) in [6.45, 7) is 0. The Morgan fingerprint density at radius 2 is 1.89 bits per heavy atom. The van der Waals surface area contributed by atoms with Gasteiger partial charge in [0.15, 0.2) is 0 Å². The second kappa shape index (κ2) is 5.22. The zero-order valence-electron chi connectivity index (χ0n) is 9.89. The molecule has 0 bridgehead atoms. The lowest BCUT2D eigenvalue weighted by molar-refractivity contribution is 0.675. The zero-order chi connectivity index (χ0) is 13.2. The van der Waals surface area contributed by atoms with Gasteiger partial charge in [0.05, 0.1) is 20.3 Å². The molecule has 0 amide bonds. The van der Waals surface area contributed by atoms with Crippen LogP contribution in [0.15, 0.2) is 52.0 Å². The fraction of sp³-hybridized carbons (Fsp3) is 0.0769. The highest BCUT2D eigenvalue weighted by Crippen LogP contribution is 2.20. The van der Waals surface area contributed by atoms with Crippen LogP contribution in [0.4, 0.5) is 0 Å². The Bertz CT molecular complexity index is 634. The highest BCUT2D eigenvalue weighted by Gasteiger charge is 2.06. The van der Waals surface area contributed by atoms with Gasteiger partial charge in [-0.3, -0.25) is 4.98 Å². The Hall–Kier alpha value is -1.17. The standard InChI is InChI=1S/C13H13BrN2OS/c1-15-18(2,17)12-7-8-13(16-9-12)10-3-5-11(14)6-4-10/h3-9H,2H2,1H3,(H,15,17). The average molecular weight is 325 g/mol. The third kappa shape index (κ3) is 2.80. The van der Waals surface area contributed by atoms with Gasteiger partial charge in [-0.05, 0) is 37.2 Å². The highest BCUT2D eigenvalue weighted by atomic mass is 79.9. The molecule has 0 aliphatic carbocycles. The minimum Gasteiger partial charge on any atom is -0.255 e. The largest absolute Gasteiger partial charge is 0.255 e. The van der Waals surface area contributed by atoms with Gasteiger partial charge < -0.3 is 0 Å². The summed E-state index contributed by atoms with van der Waals surface area (Å²) >= 11 is 3.39. The molecule has 1 aromatic carbocycles. The quantitative estimate of drug-likeness (QED) is 0.882. The van der Waals surface area contributed by atoms with Crippen molar-refractivity contribution in [2.24, 2.45) is 0 Å². The van der Waals surface area contributed by atoms with Crippen LogP contribution in [0.3, 0.4) is 0 Å².